The Bertz CT molecular complexity index is 752. The third-order valence-electron chi connectivity index (χ3n) is 4.25. The van der Waals surface area contributed by atoms with Crippen molar-refractivity contribution in [1.82, 2.24) is 14.3 Å². The van der Waals surface area contributed by atoms with Crippen LogP contribution in [0.1, 0.15) is 18.9 Å². The fourth-order valence-electron chi connectivity index (χ4n) is 3.04. The SMILES string of the molecule is CN1CCC(n2c(=O)c3ccccc3c(=O)n2C)CC1. The van der Waals surface area contributed by atoms with Crippen LogP contribution in [-0.2, 0) is 7.05 Å². The van der Waals surface area contributed by atoms with E-state index < -0.39 is 0 Å². The van der Waals surface area contributed by atoms with E-state index in [1.165, 1.54) is 4.68 Å². The Morgan fingerprint density at radius 2 is 1.50 bits per heavy atom. The molecule has 0 bridgehead atoms. The van der Waals surface area contributed by atoms with E-state index in [0.717, 1.165) is 25.9 Å². The lowest BCUT2D eigenvalue weighted by molar-refractivity contribution is 0.196. The zero-order valence-electron chi connectivity index (χ0n) is 11.9. The first-order valence-corrected chi connectivity index (χ1v) is 6.98. The Morgan fingerprint density at radius 3 is 2.10 bits per heavy atom. The van der Waals surface area contributed by atoms with Gasteiger partial charge in [0.1, 0.15) is 0 Å². The molecule has 0 unspecified atom stereocenters. The number of aromatic nitrogens is 2. The molecule has 3 rings (SSSR count). The molecule has 0 radical (unpaired) electrons. The minimum Gasteiger partial charge on any atom is -0.306 e. The van der Waals surface area contributed by atoms with Gasteiger partial charge >= 0.3 is 0 Å². The predicted molar refractivity (Wildman–Crippen MR) is 79.2 cm³/mol. The molecule has 1 aliphatic rings. The molecule has 1 saturated heterocycles. The van der Waals surface area contributed by atoms with Crippen LogP contribution in [0.4, 0.5) is 0 Å². The fourth-order valence-corrected chi connectivity index (χ4v) is 3.04. The molecule has 1 fully saturated rings. The monoisotopic (exact) mass is 273 g/mol. The lowest BCUT2D eigenvalue weighted by Crippen LogP contribution is -2.43. The van der Waals surface area contributed by atoms with Crippen molar-refractivity contribution in [2.75, 3.05) is 20.1 Å². The van der Waals surface area contributed by atoms with E-state index >= 15 is 0 Å². The number of benzene rings is 1. The van der Waals surface area contributed by atoms with Crippen molar-refractivity contribution in [3.8, 4) is 0 Å². The number of likely N-dealkylation sites (tertiary alicyclic amines) is 1. The number of piperidine rings is 1. The molecule has 1 aliphatic heterocycles. The van der Waals surface area contributed by atoms with Gasteiger partial charge in [-0.15, -0.1) is 0 Å². The number of nitrogens with zero attached hydrogens (tertiary/aromatic N) is 3. The highest BCUT2D eigenvalue weighted by Crippen LogP contribution is 2.20. The summed E-state index contributed by atoms with van der Waals surface area (Å²) in [6.45, 7) is 1.91. The molecule has 2 aromatic rings. The largest absolute Gasteiger partial charge is 0.306 e. The molecule has 0 atom stereocenters. The van der Waals surface area contributed by atoms with E-state index in [-0.39, 0.29) is 17.2 Å². The van der Waals surface area contributed by atoms with Crippen molar-refractivity contribution in [1.29, 1.82) is 0 Å². The number of hydrogen-bond donors (Lipinski definition) is 0. The van der Waals surface area contributed by atoms with E-state index in [1.807, 2.05) is 6.07 Å². The van der Waals surface area contributed by atoms with Crippen molar-refractivity contribution in [2.45, 2.75) is 18.9 Å². The molecule has 0 amide bonds. The Balaban J connectivity index is 2.21. The summed E-state index contributed by atoms with van der Waals surface area (Å²) in [7, 11) is 3.77. The number of rotatable bonds is 1. The molecular formula is C15H19N3O2. The molecule has 1 aromatic heterocycles. The molecule has 106 valence electrons. The van der Waals surface area contributed by atoms with E-state index in [1.54, 1.807) is 29.9 Å². The summed E-state index contributed by atoms with van der Waals surface area (Å²) in [6, 6.07) is 7.18. The third kappa shape index (κ3) is 1.98. The highest BCUT2D eigenvalue weighted by molar-refractivity contribution is 5.80. The molecule has 5 nitrogen and oxygen atoms in total. The molecular weight excluding hydrogens is 254 g/mol. The average Bonchev–Trinajstić information content (AvgIpc) is 2.47. The van der Waals surface area contributed by atoms with E-state index in [9.17, 15) is 9.59 Å². The first-order valence-electron chi connectivity index (χ1n) is 6.98. The summed E-state index contributed by atoms with van der Waals surface area (Å²) < 4.78 is 3.14. The summed E-state index contributed by atoms with van der Waals surface area (Å²) in [6.07, 6.45) is 1.81. The molecule has 0 aliphatic carbocycles. The van der Waals surface area contributed by atoms with Gasteiger partial charge in [-0.1, -0.05) is 12.1 Å². The van der Waals surface area contributed by atoms with Gasteiger partial charge in [0.2, 0.25) is 0 Å². The maximum absolute atomic E-state index is 12.7. The van der Waals surface area contributed by atoms with Gasteiger partial charge in [-0.05, 0) is 45.1 Å². The molecule has 1 aromatic carbocycles. The molecule has 2 heterocycles. The topological polar surface area (TPSA) is 47.2 Å². The van der Waals surface area contributed by atoms with Gasteiger partial charge in [-0.2, -0.15) is 0 Å². The highest BCUT2D eigenvalue weighted by atomic mass is 16.2. The van der Waals surface area contributed by atoms with Crippen LogP contribution in [0.3, 0.4) is 0 Å². The highest BCUT2D eigenvalue weighted by Gasteiger charge is 2.22. The quantitative estimate of drug-likeness (QED) is 0.778. The van der Waals surface area contributed by atoms with Gasteiger partial charge < -0.3 is 4.90 Å². The second kappa shape index (κ2) is 4.90. The number of hydrogen-bond acceptors (Lipinski definition) is 3. The van der Waals surface area contributed by atoms with Crippen LogP contribution < -0.4 is 11.1 Å². The molecule has 0 spiro atoms. The van der Waals surface area contributed by atoms with Crippen molar-refractivity contribution in [2.24, 2.45) is 7.05 Å². The first-order chi connectivity index (χ1) is 9.59. The maximum atomic E-state index is 12.7. The van der Waals surface area contributed by atoms with Crippen LogP contribution in [0.25, 0.3) is 10.8 Å². The maximum Gasteiger partial charge on any atom is 0.273 e. The second-order valence-corrected chi connectivity index (χ2v) is 5.56. The summed E-state index contributed by atoms with van der Waals surface area (Å²) in [5.74, 6) is 0. The Hall–Kier alpha value is -1.88. The lowest BCUT2D eigenvalue weighted by atomic mass is 10.1. The van der Waals surface area contributed by atoms with Gasteiger partial charge in [0.15, 0.2) is 0 Å². The van der Waals surface area contributed by atoms with Gasteiger partial charge in [-0.25, -0.2) is 9.36 Å². The predicted octanol–water partition coefficient (Wildman–Crippen LogP) is 0.967. The van der Waals surface area contributed by atoms with Crippen molar-refractivity contribution >= 4 is 10.8 Å². The molecule has 20 heavy (non-hydrogen) atoms. The van der Waals surface area contributed by atoms with Crippen molar-refractivity contribution in [3.63, 3.8) is 0 Å². The van der Waals surface area contributed by atoms with Gasteiger partial charge in [0, 0.05) is 7.05 Å². The smallest absolute Gasteiger partial charge is 0.273 e. The van der Waals surface area contributed by atoms with Gasteiger partial charge in [0.25, 0.3) is 11.1 Å². The van der Waals surface area contributed by atoms with E-state index in [4.69, 9.17) is 0 Å². The standard InChI is InChI=1S/C15H19N3O2/c1-16-9-7-11(8-10-16)18-15(20)13-6-4-3-5-12(13)14(19)17(18)2/h3-6,11H,7-10H2,1-2H3. The minimum absolute atomic E-state index is 0.0581. The van der Waals surface area contributed by atoms with Gasteiger partial charge in [-0.3, -0.25) is 9.59 Å². The van der Waals surface area contributed by atoms with Crippen molar-refractivity contribution in [3.05, 3.63) is 45.0 Å². The van der Waals surface area contributed by atoms with E-state index in [0.29, 0.717) is 10.8 Å². The summed E-state index contributed by atoms with van der Waals surface area (Å²) in [4.78, 5) is 27.3. The van der Waals surface area contributed by atoms with Crippen LogP contribution in [0.5, 0.6) is 0 Å². The zero-order valence-corrected chi connectivity index (χ0v) is 11.9. The second-order valence-electron chi connectivity index (χ2n) is 5.56. The van der Waals surface area contributed by atoms with Crippen LogP contribution in [0, 0.1) is 0 Å². The Kier molecular flexibility index (Phi) is 3.22. The Morgan fingerprint density at radius 1 is 0.950 bits per heavy atom. The third-order valence-corrected chi connectivity index (χ3v) is 4.25. The first kappa shape index (κ1) is 13.1. The lowest BCUT2D eigenvalue weighted by Gasteiger charge is -2.31. The van der Waals surface area contributed by atoms with Crippen LogP contribution >= 0.6 is 0 Å². The summed E-state index contributed by atoms with van der Waals surface area (Å²) >= 11 is 0. The zero-order chi connectivity index (χ0) is 14.3. The Labute approximate surface area is 117 Å². The minimum atomic E-state index is -0.0980. The molecule has 5 heteroatoms. The summed E-state index contributed by atoms with van der Waals surface area (Å²) in [5.41, 5.74) is -0.156. The van der Waals surface area contributed by atoms with Crippen LogP contribution in [0.2, 0.25) is 0 Å². The molecule has 0 saturated carbocycles. The number of fused-ring (bicyclic) bond motifs is 1. The normalized spacial score (nSPS) is 17.7. The van der Waals surface area contributed by atoms with Gasteiger partial charge in [0.05, 0.1) is 16.8 Å². The van der Waals surface area contributed by atoms with Crippen molar-refractivity contribution < 1.29 is 0 Å². The fraction of sp³-hybridized carbons (Fsp3) is 0.467. The van der Waals surface area contributed by atoms with Crippen LogP contribution in [-0.4, -0.2) is 34.4 Å². The average molecular weight is 273 g/mol. The summed E-state index contributed by atoms with van der Waals surface area (Å²) in [5, 5.41) is 1.03. The van der Waals surface area contributed by atoms with E-state index in [2.05, 4.69) is 11.9 Å². The van der Waals surface area contributed by atoms with Crippen LogP contribution in [0.15, 0.2) is 33.9 Å². The molecule has 0 N–H and O–H groups in total.